The van der Waals surface area contributed by atoms with E-state index in [0.717, 1.165) is 51.6 Å². The van der Waals surface area contributed by atoms with E-state index in [0.29, 0.717) is 17.6 Å². The Balaban J connectivity index is 2.04. The summed E-state index contributed by atoms with van der Waals surface area (Å²) >= 11 is 0. The molecule has 0 aliphatic carbocycles. The van der Waals surface area contributed by atoms with Crippen LogP contribution in [0.4, 0.5) is 0 Å². The number of guanidine groups is 1. The van der Waals surface area contributed by atoms with E-state index in [4.69, 9.17) is 9.47 Å². The summed E-state index contributed by atoms with van der Waals surface area (Å²) < 4.78 is 11.2. The Labute approximate surface area is 142 Å². The van der Waals surface area contributed by atoms with Gasteiger partial charge >= 0.3 is 0 Å². The van der Waals surface area contributed by atoms with Crippen LogP contribution in [0.15, 0.2) is 4.99 Å². The molecule has 1 rings (SSSR count). The van der Waals surface area contributed by atoms with Gasteiger partial charge in [0.2, 0.25) is 0 Å². The highest BCUT2D eigenvalue weighted by Gasteiger charge is 2.15. The third-order valence-corrected chi connectivity index (χ3v) is 4.02. The summed E-state index contributed by atoms with van der Waals surface area (Å²) in [5, 5.41) is 6.81. The first-order valence-corrected chi connectivity index (χ1v) is 9.07. The molecule has 5 nitrogen and oxygen atoms in total. The van der Waals surface area contributed by atoms with Crippen molar-refractivity contribution in [2.75, 3.05) is 33.4 Å². The van der Waals surface area contributed by atoms with Crippen molar-refractivity contribution in [3.8, 4) is 0 Å². The lowest BCUT2D eigenvalue weighted by atomic mass is 9.89. The molecule has 1 aliphatic rings. The van der Waals surface area contributed by atoms with Crippen LogP contribution in [0.1, 0.15) is 59.8 Å². The molecule has 0 amide bonds. The lowest BCUT2D eigenvalue weighted by Gasteiger charge is -2.23. The molecule has 23 heavy (non-hydrogen) atoms. The van der Waals surface area contributed by atoms with Crippen LogP contribution in [0.2, 0.25) is 0 Å². The second-order valence-electron chi connectivity index (χ2n) is 7.71. The van der Waals surface area contributed by atoms with Crippen molar-refractivity contribution < 1.29 is 9.47 Å². The molecule has 5 heteroatoms. The van der Waals surface area contributed by atoms with Crippen LogP contribution in [0.3, 0.4) is 0 Å². The SMILES string of the molecule is CN=C(NCCCOCC1CCCO1)NC(C)CCC(C)(C)C. The maximum Gasteiger partial charge on any atom is 0.191 e. The van der Waals surface area contributed by atoms with Gasteiger partial charge in [0.15, 0.2) is 5.96 Å². The predicted octanol–water partition coefficient (Wildman–Crippen LogP) is 2.95. The van der Waals surface area contributed by atoms with Gasteiger partial charge in [-0.15, -0.1) is 0 Å². The fraction of sp³-hybridized carbons (Fsp3) is 0.944. The maximum atomic E-state index is 5.66. The molecule has 136 valence electrons. The molecule has 0 aromatic heterocycles. The zero-order valence-corrected chi connectivity index (χ0v) is 15.8. The van der Waals surface area contributed by atoms with Crippen molar-refractivity contribution in [1.82, 2.24) is 10.6 Å². The van der Waals surface area contributed by atoms with Crippen molar-refractivity contribution in [3.63, 3.8) is 0 Å². The molecular weight excluding hydrogens is 290 g/mol. The minimum Gasteiger partial charge on any atom is -0.379 e. The van der Waals surface area contributed by atoms with Crippen molar-refractivity contribution >= 4 is 5.96 Å². The predicted molar refractivity (Wildman–Crippen MR) is 97.1 cm³/mol. The number of nitrogens with zero attached hydrogens (tertiary/aromatic N) is 1. The van der Waals surface area contributed by atoms with Gasteiger partial charge in [-0.05, 0) is 44.4 Å². The summed E-state index contributed by atoms with van der Waals surface area (Å²) in [6.45, 7) is 12.3. The van der Waals surface area contributed by atoms with Crippen LogP contribution < -0.4 is 10.6 Å². The molecule has 0 spiro atoms. The molecule has 1 aliphatic heterocycles. The molecule has 1 heterocycles. The van der Waals surface area contributed by atoms with E-state index < -0.39 is 0 Å². The highest BCUT2D eigenvalue weighted by Crippen LogP contribution is 2.21. The summed E-state index contributed by atoms with van der Waals surface area (Å²) in [4.78, 5) is 4.29. The first-order chi connectivity index (χ1) is 10.9. The quantitative estimate of drug-likeness (QED) is 0.388. The molecule has 0 radical (unpaired) electrons. The normalized spacial score (nSPS) is 20.6. The summed E-state index contributed by atoms with van der Waals surface area (Å²) in [5.74, 6) is 0.880. The van der Waals surface area contributed by atoms with Crippen LogP contribution in [-0.2, 0) is 9.47 Å². The van der Waals surface area contributed by atoms with Crippen LogP contribution in [0.25, 0.3) is 0 Å². The van der Waals surface area contributed by atoms with Gasteiger partial charge in [0.1, 0.15) is 0 Å². The molecule has 2 atom stereocenters. The van der Waals surface area contributed by atoms with Crippen LogP contribution in [0, 0.1) is 5.41 Å². The number of nitrogens with one attached hydrogen (secondary N) is 2. The number of ether oxygens (including phenoxy) is 2. The molecule has 1 fully saturated rings. The van der Waals surface area contributed by atoms with Gasteiger partial charge in [-0.25, -0.2) is 0 Å². The zero-order valence-electron chi connectivity index (χ0n) is 15.8. The van der Waals surface area contributed by atoms with Gasteiger partial charge in [-0.2, -0.15) is 0 Å². The van der Waals surface area contributed by atoms with Gasteiger partial charge in [0, 0.05) is 32.8 Å². The zero-order chi connectivity index (χ0) is 17.1. The Kier molecular flexibility index (Phi) is 9.56. The Hall–Kier alpha value is -0.810. The molecule has 2 N–H and O–H groups in total. The van der Waals surface area contributed by atoms with E-state index >= 15 is 0 Å². The topological polar surface area (TPSA) is 54.9 Å². The standard InChI is InChI=1S/C18H37N3O2/c1-15(9-10-18(2,3)4)21-17(19-5)20-11-7-12-22-14-16-8-6-13-23-16/h15-16H,6-14H2,1-5H3,(H2,19,20,21). The van der Waals surface area contributed by atoms with E-state index in [2.05, 4.69) is 43.3 Å². The molecule has 0 bridgehead atoms. The summed E-state index contributed by atoms with van der Waals surface area (Å²) in [7, 11) is 1.82. The summed E-state index contributed by atoms with van der Waals surface area (Å²) in [5.41, 5.74) is 0.382. The molecule has 0 aromatic carbocycles. The third-order valence-electron chi connectivity index (χ3n) is 4.02. The number of rotatable bonds is 9. The fourth-order valence-corrected chi connectivity index (χ4v) is 2.52. The average molecular weight is 328 g/mol. The number of aliphatic imine (C=N–C) groups is 1. The number of hydrogen-bond acceptors (Lipinski definition) is 3. The second kappa shape index (κ2) is 10.9. The van der Waals surface area contributed by atoms with E-state index in [-0.39, 0.29) is 0 Å². The second-order valence-corrected chi connectivity index (χ2v) is 7.71. The first-order valence-electron chi connectivity index (χ1n) is 9.07. The van der Waals surface area contributed by atoms with E-state index in [1.54, 1.807) is 0 Å². The Morgan fingerprint density at radius 1 is 1.39 bits per heavy atom. The van der Waals surface area contributed by atoms with E-state index in [9.17, 15) is 0 Å². The smallest absolute Gasteiger partial charge is 0.191 e. The van der Waals surface area contributed by atoms with Crippen LogP contribution in [-0.4, -0.2) is 51.5 Å². The molecule has 0 saturated carbocycles. The van der Waals surface area contributed by atoms with Crippen molar-refractivity contribution in [2.24, 2.45) is 10.4 Å². The minimum absolute atomic E-state index is 0.320. The van der Waals surface area contributed by atoms with Crippen LogP contribution in [0.5, 0.6) is 0 Å². The number of hydrogen-bond donors (Lipinski definition) is 2. The first kappa shape index (κ1) is 20.2. The van der Waals surface area contributed by atoms with Gasteiger partial charge < -0.3 is 20.1 Å². The minimum atomic E-state index is 0.320. The van der Waals surface area contributed by atoms with Gasteiger partial charge in [-0.3, -0.25) is 4.99 Å². The monoisotopic (exact) mass is 327 g/mol. The van der Waals surface area contributed by atoms with Gasteiger partial charge in [-0.1, -0.05) is 20.8 Å². The van der Waals surface area contributed by atoms with Gasteiger partial charge in [0.25, 0.3) is 0 Å². The third kappa shape index (κ3) is 10.6. The Morgan fingerprint density at radius 3 is 2.78 bits per heavy atom. The highest BCUT2D eigenvalue weighted by atomic mass is 16.5. The molecule has 0 aromatic rings. The fourth-order valence-electron chi connectivity index (χ4n) is 2.52. The summed E-state index contributed by atoms with van der Waals surface area (Å²) in [6, 6.07) is 0.427. The van der Waals surface area contributed by atoms with E-state index in [1.165, 1.54) is 12.8 Å². The lowest BCUT2D eigenvalue weighted by molar-refractivity contribution is 0.0168. The Morgan fingerprint density at radius 2 is 2.17 bits per heavy atom. The lowest BCUT2D eigenvalue weighted by Crippen LogP contribution is -2.43. The molecule has 1 saturated heterocycles. The van der Waals surface area contributed by atoms with Crippen molar-refractivity contribution in [2.45, 2.75) is 71.9 Å². The molecule has 2 unspecified atom stereocenters. The van der Waals surface area contributed by atoms with Crippen LogP contribution >= 0.6 is 0 Å². The largest absolute Gasteiger partial charge is 0.379 e. The van der Waals surface area contributed by atoms with E-state index in [1.807, 2.05) is 7.05 Å². The average Bonchev–Trinajstić information content (AvgIpc) is 3.00. The Bertz CT molecular complexity index is 334. The summed E-state index contributed by atoms with van der Waals surface area (Å²) in [6.07, 6.45) is 5.96. The maximum absolute atomic E-state index is 5.66. The van der Waals surface area contributed by atoms with Gasteiger partial charge in [0.05, 0.1) is 12.7 Å². The van der Waals surface area contributed by atoms with Crippen molar-refractivity contribution in [1.29, 1.82) is 0 Å². The highest BCUT2D eigenvalue weighted by molar-refractivity contribution is 5.79. The van der Waals surface area contributed by atoms with Crippen molar-refractivity contribution in [3.05, 3.63) is 0 Å². The molecular formula is C18H37N3O2.